The van der Waals surface area contributed by atoms with Gasteiger partial charge in [0.25, 0.3) is 0 Å². The van der Waals surface area contributed by atoms with E-state index in [0.29, 0.717) is 6.04 Å². The van der Waals surface area contributed by atoms with Crippen LogP contribution in [-0.2, 0) is 0 Å². The quantitative estimate of drug-likeness (QED) is 0.731. The van der Waals surface area contributed by atoms with Crippen LogP contribution in [0.15, 0.2) is 18.2 Å². The van der Waals surface area contributed by atoms with E-state index >= 15 is 0 Å². The van der Waals surface area contributed by atoms with Crippen molar-refractivity contribution in [1.82, 2.24) is 4.90 Å². The van der Waals surface area contributed by atoms with Crippen LogP contribution in [-0.4, -0.2) is 37.7 Å². The maximum Gasteiger partial charge on any atom is 0.121 e. The first-order valence-electron chi connectivity index (χ1n) is 6.53. The molecule has 0 aliphatic rings. The van der Waals surface area contributed by atoms with Crippen LogP contribution in [0, 0.1) is 0 Å². The van der Waals surface area contributed by atoms with E-state index < -0.39 is 0 Å². The van der Waals surface area contributed by atoms with Gasteiger partial charge in [-0.15, -0.1) is 0 Å². The lowest BCUT2D eigenvalue weighted by atomic mass is 10.2. The van der Waals surface area contributed by atoms with E-state index in [1.54, 1.807) is 7.11 Å². The monoisotopic (exact) mass is 251 g/mol. The normalized spacial score (nSPS) is 12.5. The summed E-state index contributed by atoms with van der Waals surface area (Å²) in [6, 6.07) is 6.02. The number of methoxy groups -OCH3 is 1. The molecule has 0 heterocycles. The van der Waals surface area contributed by atoms with Crippen LogP contribution in [0.5, 0.6) is 5.75 Å². The fraction of sp³-hybridized carbons (Fsp3) is 0.571. The van der Waals surface area contributed by atoms with Gasteiger partial charge in [-0.1, -0.05) is 13.8 Å². The summed E-state index contributed by atoms with van der Waals surface area (Å²) in [6.07, 6.45) is 0. The molecule has 0 spiro atoms. The predicted molar refractivity (Wildman–Crippen MR) is 78.3 cm³/mol. The van der Waals surface area contributed by atoms with Crippen LogP contribution < -0.4 is 15.8 Å². The SMILES string of the molecule is CCN(CC)CC(C)Nc1cc(OC)ccc1N. The van der Waals surface area contributed by atoms with E-state index in [4.69, 9.17) is 10.5 Å². The molecular weight excluding hydrogens is 226 g/mol. The number of likely N-dealkylation sites (N-methyl/N-ethyl adjacent to an activating group) is 1. The van der Waals surface area contributed by atoms with Gasteiger partial charge in [0, 0.05) is 18.7 Å². The Bertz CT molecular complexity index is 364. The number of nitrogens with one attached hydrogen (secondary N) is 1. The minimum absolute atomic E-state index is 0.347. The Hall–Kier alpha value is -1.42. The van der Waals surface area contributed by atoms with Crippen LogP contribution in [0.4, 0.5) is 11.4 Å². The zero-order chi connectivity index (χ0) is 13.5. The number of hydrogen-bond donors (Lipinski definition) is 2. The average molecular weight is 251 g/mol. The van der Waals surface area contributed by atoms with Crippen molar-refractivity contribution in [2.75, 3.05) is 37.8 Å². The Morgan fingerprint density at radius 1 is 1.33 bits per heavy atom. The molecule has 0 saturated heterocycles. The number of hydrogen-bond acceptors (Lipinski definition) is 4. The molecule has 4 nitrogen and oxygen atoms in total. The maximum absolute atomic E-state index is 5.96. The summed E-state index contributed by atoms with van der Waals surface area (Å²) in [5.41, 5.74) is 7.65. The second-order valence-electron chi connectivity index (χ2n) is 4.48. The summed E-state index contributed by atoms with van der Waals surface area (Å²) in [5, 5.41) is 3.44. The van der Waals surface area contributed by atoms with Crippen LogP contribution in [0.1, 0.15) is 20.8 Å². The van der Waals surface area contributed by atoms with Gasteiger partial charge in [0.2, 0.25) is 0 Å². The molecule has 1 aromatic rings. The lowest BCUT2D eigenvalue weighted by Crippen LogP contribution is -2.34. The molecule has 1 atom stereocenters. The molecule has 0 aliphatic carbocycles. The molecular formula is C14H25N3O. The Labute approximate surface area is 110 Å². The summed E-state index contributed by atoms with van der Waals surface area (Å²) in [5.74, 6) is 0.821. The van der Waals surface area contributed by atoms with Crippen LogP contribution in [0.25, 0.3) is 0 Å². The van der Waals surface area contributed by atoms with Crippen molar-refractivity contribution in [2.45, 2.75) is 26.8 Å². The molecule has 1 aromatic carbocycles. The molecule has 0 saturated carbocycles. The van der Waals surface area contributed by atoms with E-state index in [1.165, 1.54) is 0 Å². The molecule has 0 fully saturated rings. The van der Waals surface area contributed by atoms with Gasteiger partial charge in [0.1, 0.15) is 5.75 Å². The Kier molecular flexibility index (Phi) is 5.78. The van der Waals surface area contributed by atoms with E-state index in [9.17, 15) is 0 Å². The highest BCUT2D eigenvalue weighted by Gasteiger charge is 2.09. The average Bonchev–Trinajstić information content (AvgIpc) is 2.38. The second kappa shape index (κ2) is 7.11. The van der Waals surface area contributed by atoms with E-state index in [-0.39, 0.29) is 0 Å². The van der Waals surface area contributed by atoms with E-state index in [1.807, 2.05) is 18.2 Å². The third-order valence-corrected chi connectivity index (χ3v) is 3.09. The Balaban J connectivity index is 2.65. The third-order valence-electron chi connectivity index (χ3n) is 3.09. The van der Waals surface area contributed by atoms with Gasteiger partial charge in [-0.2, -0.15) is 0 Å². The zero-order valence-electron chi connectivity index (χ0n) is 11.9. The molecule has 1 unspecified atom stereocenters. The number of ether oxygens (including phenoxy) is 1. The van der Waals surface area contributed by atoms with Crippen molar-refractivity contribution in [3.05, 3.63) is 18.2 Å². The van der Waals surface area contributed by atoms with Gasteiger partial charge in [0.05, 0.1) is 18.5 Å². The molecule has 0 bridgehead atoms. The number of nitrogens with two attached hydrogens (primary N) is 1. The Morgan fingerprint density at radius 3 is 2.56 bits per heavy atom. The number of nitrogens with zero attached hydrogens (tertiary/aromatic N) is 1. The smallest absolute Gasteiger partial charge is 0.121 e. The molecule has 18 heavy (non-hydrogen) atoms. The van der Waals surface area contributed by atoms with Crippen molar-refractivity contribution in [3.63, 3.8) is 0 Å². The number of rotatable bonds is 7. The molecule has 0 aromatic heterocycles. The first kappa shape index (κ1) is 14.6. The van der Waals surface area contributed by atoms with Gasteiger partial charge in [-0.3, -0.25) is 0 Å². The highest BCUT2D eigenvalue weighted by atomic mass is 16.5. The number of anilines is 2. The summed E-state index contributed by atoms with van der Waals surface area (Å²) < 4.78 is 5.21. The summed E-state index contributed by atoms with van der Waals surface area (Å²) in [6.45, 7) is 9.65. The highest BCUT2D eigenvalue weighted by Crippen LogP contribution is 2.24. The largest absolute Gasteiger partial charge is 0.497 e. The summed E-state index contributed by atoms with van der Waals surface area (Å²) in [4.78, 5) is 2.38. The minimum atomic E-state index is 0.347. The van der Waals surface area contributed by atoms with E-state index in [2.05, 4.69) is 31.0 Å². The van der Waals surface area contributed by atoms with Gasteiger partial charge < -0.3 is 20.7 Å². The standard InChI is InChI=1S/C14H25N3O/c1-5-17(6-2)10-11(3)16-14-9-12(18-4)7-8-13(14)15/h7-9,11,16H,5-6,10,15H2,1-4H3. The molecule has 0 amide bonds. The van der Waals surface area contributed by atoms with Crippen LogP contribution in [0.3, 0.4) is 0 Å². The first-order valence-corrected chi connectivity index (χ1v) is 6.53. The molecule has 0 radical (unpaired) electrons. The highest BCUT2D eigenvalue weighted by molar-refractivity contribution is 5.68. The van der Waals surface area contributed by atoms with Gasteiger partial charge in [0.15, 0.2) is 0 Å². The Morgan fingerprint density at radius 2 is 2.00 bits per heavy atom. The number of nitrogen functional groups attached to an aromatic ring is 1. The molecule has 3 N–H and O–H groups in total. The van der Waals surface area contributed by atoms with Crippen molar-refractivity contribution in [1.29, 1.82) is 0 Å². The third kappa shape index (κ3) is 4.11. The topological polar surface area (TPSA) is 50.5 Å². The van der Waals surface area contributed by atoms with Crippen LogP contribution in [0.2, 0.25) is 0 Å². The van der Waals surface area contributed by atoms with Crippen molar-refractivity contribution in [3.8, 4) is 5.75 Å². The minimum Gasteiger partial charge on any atom is -0.497 e. The lowest BCUT2D eigenvalue weighted by Gasteiger charge is -2.24. The molecule has 102 valence electrons. The summed E-state index contributed by atoms with van der Waals surface area (Å²) in [7, 11) is 1.66. The zero-order valence-corrected chi connectivity index (χ0v) is 11.9. The van der Waals surface area contributed by atoms with Crippen LogP contribution >= 0.6 is 0 Å². The van der Waals surface area contributed by atoms with Gasteiger partial charge in [-0.25, -0.2) is 0 Å². The van der Waals surface area contributed by atoms with Gasteiger partial charge >= 0.3 is 0 Å². The summed E-state index contributed by atoms with van der Waals surface area (Å²) >= 11 is 0. The van der Waals surface area contributed by atoms with E-state index in [0.717, 1.165) is 36.8 Å². The lowest BCUT2D eigenvalue weighted by molar-refractivity contribution is 0.295. The fourth-order valence-electron chi connectivity index (χ4n) is 1.97. The second-order valence-corrected chi connectivity index (χ2v) is 4.48. The molecule has 1 rings (SSSR count). The van der Waals surface area contributed by atoms with Crippen molar-refractivity contribution >= 4 is 11.4 Å². The van der Waals surface area contributed by atoms with Crippen molar-refractivity contribution in [2.24, 2.45) is 0 Å². The van der Waals surface area contributed by atoms with Gasteiger partial charge in [-0.05, 0) is 32.1 Å². The predicted octanol–water partition coefficient (Wildman–Crippen LogP) is 2.42. The maximum atomic E-state index is 5.96. The number of benzene rings is 1. The first-order chi connectivity index (χ1) is 8.60. The van der Waals surface area contributed by atoms with Crippen molar-refractivity contribution < 1.29 is 4.74 Å². The molecule has 4 heteroatoms. The molecule has 0 aliphatic heterocycles. The fourth-order valence-corrected chi connectivity index (χ4v) is 1.97.